The van der Waals surface area contributed by atoms with Crippen LogP contribution in [0.3, 0.4) is 0 Å². The van der Waals surface area contributed by atoms with Gasteiger partial charge in [-0.05, 0) is 60.2 Å². The molecule has 5 atom stereocenters. The van der Waals surface area contributed by atoms with E-state index in [2.05, 4.69) is 47.7 Å². The number of Topliss-reactive ketones (excluding diaryl/α,β-unsaturated/α-hetero) is 1. The summed E-state index contributed by atoms with van der Waals surface area (Å²) in [6.45, 7) is 16.4. The van der Waals surface area contributed by atoms with Crippen LogP contribution in [0, 0.1) is 23.7 Å². The Morgan fingerprint density at radius 1 is 1.21 bits per heavy atom. The van der Waals surface area contributed by atoms with Gasteiger partial charge < -0.3 is 4.43 Å². The highest BCUT2D eigenvalue weighted by Gasteiger charge is 2.53. The van der Waals surface area contributed by atoms with Gasteiger partial charge >= 0.3 is 0 Å². The number of ketones is 1. The summed E-state index contributed by atoms with van der Waals surface area (Å²) in [6.07, 6.45) is 5.47. The molecule has 0 bridgehead atoms. The van der Waals surface area contributed by atoms with Crippen molar-refractivity contribution in [2.45, 2.75) is 91.0 Å². The molecular formula is C21H36O2Si. The quantitative estimate of drug-likeness (QED) is 0.608. The smallest absolute Gasteiger partial charge is 0.192 e. The van der Waals surface area contributed by atoms with E-state index in [4.69, 9.17) is 4.43 Å². The number of fused-ring (bicyclic) bond motifs is 2. The van der Waals surface area contributed by atoms with E-state index in [0.29, 0.717) is 17.6 Å². The van der Waals surface area contributed by atoms with Gasteiger partial charge in [-0.15, -0.1) is 0 Å². The zero-order chi connectivity index (χ0) is 17.9. The van der Waals surface area contributed by atoms with Crippen LogP contribution < -0.4 is 0 Å². The van der Waals surface area contributed by atoms with E-state index >= 15 is 0 Å². The van der Waals surface area contributed by atoms with Crippen LogP contribution in [0.15, 0.2) is 11.1 Å². The van der Waals surface area contributed by atoms with Crippen LogP contribution in [0.5, 0.6) is 0 Å². The summed E-state index contributed by atoms with van der Waals surface area (Å²) in [5.41, 5.74) is 2.70. The second kappa shape index (κ2) is 6.09. The molecule has 3 rings (SSSR count). The fourth-order valence-electron chi connectivity index (χ4n) is 5.39. The van der Waals surface area contributed by atoms with Gasteiger partial charge in [-0.1, -0.05) is 46.6 Å². The standard InChI is InChI=1S/C21H36O2Si/c1-8-14-13(2)11-17-15-9-10-18(22)16(15)12-19(20(14)17)23-24(6,7)21(3,4)5/h13-14,17,19-20H,8-12H2,1-7H3/t13-,14-,17-,19-,20+/m1/s1. The van der Waals surface area contributed by atoms with Crippen molar-refractivity contribution in [2.24, 2.45) is 23.7 Å². The summed E-state index contributed by atoms with van der Waals surface area (Å²) in [4.78, 5) is 12.4. The topological polar surface area (TPSA) is 26.3 Å². The van der Waals surface area contributed by atoms with Gasteiger partial charge in [-0.3, -0.25) is 4.79 Å². The number of hydrogen-bond donors (Lipinski definition) is 0. The zero-order valence-corrected chi connectivity index (χ0v) is 17.7. The Labute approximate surface area is 149 Å². The molecule has 136 valence electrons. The molecule has 0 aromatic carbocycles. The van der Waals surface area contributed by atoms with Gasteiger partial charge in [0, 0.05) is 12.8 Å². The van der Waals surface area contributed by atoms with E-state index in [1.54, 1.807) is 0 Å². The summed E-state index contributed by atoms with van der Waals surface area (Å²) >= 11 is 0. The van der Waals surface area contributed by atoms with Crippen LogP contribution in [0.1, 0.15) is 66.7 Å². The predicted octanol–water partition coefficient (Wildman–Crippen LogP) is 5.74. The zero-order valence-electron chi connectivity index (χ0n) is 16.7. The molecule has 0 spiro atoms. The number of rotatable bonds is 3. The first-order valence-corrected chi connectivity index (χ1v) is 12.9. The third-order valence-corrected chi connectivity index (χ3v) is 12.2. The Balaban J connectivity index is 1.95. The first-order valence-electron chi connectivity index (χ1n) is 9.99. The normalized spacial score (nSPS) is 37.0. The van der Waals surface area contributed by atoms with Crippen LogP contribution in [-0.2, 0) is 9.22 Å². The van der Waals surface area contributed by atoms with E-state index in [9.17, 15) is 4.79 Å². The van der Waals surface area contributed by atoms with Crippen LogP contribution in [0.2, 0.25) is 18.1 Å². The van der Waals surface area contributed by atoms with E-state index in [-0.39, 0.29) is 11.1 Å². The van der Waals surface area contributed by atoms with Gasteiger partial charge in [0.2, 0.25) is 0 Å². The first kappa shape index (κ1) is 18.4. The van der Waals surface area contributed by atoms with Crippen molar-refractivity contribution in [2.75, 3.05) is 0 Å². The molecule has 1 saturated carbocycles. The van der Waals surface area contributed by atoms with Crippen LogP contribution >= 0.6 is 0 Å². The molecule has 3 aliphatic carbocycles. The summed E-state index contributed by atoms with van der Waals surface area (Å²) in [5.74, 6) is 3.20. The molecule has 1 fully saturated rings. The number of carbonyl (C=O) groups excluding carboxylic acids is 1. The largest absolute Gasteiger partial charge is 0.413 e. The molecule has 0 heterocycles. The Kier molecular flexibility index (Phi) is 4.66. The highest BCUT2D eigenvalue weighted by atomic mass is 28.4. The highest BCUT2D eigenvalue weighted by molar-refractivity contribution is 6.74. The summed E-state index contributed by atoms with van der Waals surface area (Å²) < 4.78 is 6.95. The molecule has 0 radical (unpaired) electrons. The van der Waals surface area contributed by atoms with Crippen molar-refractivity contribution in [3.8, 4) is 0 Å². The molecule has 0 aromatic rings. The average molecular weight is 349 g/mol. The Morgan fingerprint density at radius 2 is 1.88 bits per heavy atom. The maximum absolute atomic E-state index is 12.4. The maximum atomic E-state index is 12.4. The monoisotopic (exact) mass is 348 g/mol. The van der Waals surface area contributed by atoms with Crippen molar-refractivity contribution < 1.29 is 9.22 Å². The lowest BCUT2D eigenvalue weighted by Crippen LogP contribution is -2.48. The molecule has 0 unspecified atom stereocenters. The average Bonchev–Trinajstić information content (AvgIpc) is 2.98. The molecule has 24 heavy (non-hydrogen) atoms. The van der Waals surface area contributed by atoms with E-state index in [0.717, 1.165) is 31.1 Å². The molecular weight excluding hydrogens is 312 g/mol. The number of hydrogen-bond acceptors (Lipinski definition) is 2. The maximum Gasteiger partial charge on any atom is 0.192 e. The van der Waals surface area contributed by atoms with Crippen molar-refractivity contribution >= 4 is 14.1 Å². The van der Waals surface area contributed by atoms with Crippen molar-refractivity contribution in [3.63, 3.8) is 0 Å². The molecule has 3 aliphatic rings. The predicted molar refractivity (Wildman–Crippen MR) is 102 cm³/mol. The van der Waals surface area contributed by atoms with Gasteiger partial charge in [-0.2, -0.15) is 0 Å². The second-order valence-corrected chi connectivity index (χ2v) is 14.8. The minimum absolute atomic E-state index is 0.225. The third-order valence-electron chi connectivity index (χ3n) is 7.67. The second-order valence-electron chi connectivity index (χ2n) is 10.0. The SMILES string of the molecule is CC[C@H]1[C@H]2[C@H](C[C@H]1C)C1=C(C[C@H]2O[Si](C)(C)C(C)(C)C)C(=O)CC1. The molecule has 0 N–H and O–H groups in total. The summed E-state index contributed by atoms with van der Waals surface area (Å²) in [5, 5.41) is 0.225. The third kappa shape index (κ3) is 2.86. The molecule has 2 nitrogen and oxygen atoms in total. The lowest BCUT2D eigenvalue weighted by atomic mass is 9.72. The van der Waals surface area contributed by atoms with Crippen LogP contribution in [-0.4, -0.2) is 20.2 Å². The van der Waals surface area contributed by atoms with Crippen molar-refractivity contribution in [1.82, 2.24) is 0 Å². The van der Waals surface area contributed by atoms with Crippen molar-refractivity contribution in [3.05, 3.63) is 11.1 Å². The van der Waals surface area contributed by atoms with Crippen LogP contribution in [0.25, 0.3) is 0 Å². The van der Waals surface area contributed by atoms with Gasteiger partial charge in [-0.25, -0.2) is 0 Å². The molecule has 3 heteroatoms. The van der Waals surface area contributed by atoms with Gasteiger partial charge in [0.05, 0.1) is 6.10 Å². The van der Waals surface area contributed by atoms with Gasteiger partial charge in [0.1, 0.15) is 0 Å². The van der Waals surface area contributed by atoms with Crippen LogP contribution in [0.4, 0.5) is 0 Å². The minimum atomic E-state index is -1.82. The Morgan fingerprint density at radius 3 is 2.46 bits per heavy atom. The Hall–Kier alpha value is -0.413. The summed E-state index contributed by atoms with van der Waals surface area (Å²) in [7, 11) is -1.82. The van der Waals surface area contributed by atoms with Gasteiger partial charge in [0.25, 0.3) is 0 Å². The minimum Gasteiger partial charge on any atom is -0.413 e. The van der Waals surface area contributed by atoms with E-state index in [1.165, 1.54) is 24.0 Å². The fraction of sp³-hybridized carbons (Fsp3) is 0.857. The fourth-order valence-corrected chi connectivity index (χ4v) is 6.74. The van der Waals surface area contributed by atoms with E-state index in [1.807, 2.05) is 0 Å². The lowest BCUT2D eigenvalue weighted by molar-refractivity contribution is -0.115. The highest BCUT2D eigenvalue weighted by Crippen LogP contribution is 2.56. The van der Waals surface area contributed by atoms with E-state index < -0.39 is 8.32 Å². The van der Waals surface area contributed by atoms with Crippen molar-refractivity contribution in [1.29, 1.82) is 0 Å². The Bertz CT molecular complexity index is 555. The number of allylic oxidation sites excluding steroid dienone is 1. The lowest BCUT2D eigenvalue weighted by Gasteiger charge is -2.45. The molecule has 0 aliphatic heterocycles. The van der Waals surface area contributed by atoms with Gasteiger partial charge in [0.15, 0.2) is 14.1 Å². The number of carbonyl (C=O) groups is 1. The summed E-state index contributed by atoms with van der Waals surface area (Å²) in [6, 6.07) is 0. The molecule has 0 aromatic heterocycles. The molecule has 0 amide bonds. The molecule has 0 saturated heterocycles. The first-order chi connectivity index (χ1) is 11.1.